The molecule has 0 atom stereocenters. The molecule has 1 aromatic heterocycles. The lowest BCUT2D eigenvalue weighted by Crippen LogP contribution is -2.48. The van der Waals surface area contributed by atoms with Gasteiger partial charge in [-0.15, -0.1) is 0 Å². The summed E-state index contributed by atoms with van der Waals surface area (Å²) in [7, 11) is 0. The minimum atomic E-state index is -0.0498. The number of carbonyl (C=O) groups is 1. The van der Waals surface area contributed by atoms with Gasteiger partial charge in [-0.05, 0) is 43.2 Å². The van der Waals surface area contributed by atoms with Gasteiger partial charge in [-0.2, -0.15) is 5.10 Å². The number of rotatable bonds is 7. The molecule has 0 radical (unpaired) electrons. The van der Waals surface area contributed by atoms with Crippen LogP contribution in [0.15, 0.2) is 66.7 Å². The highest BCUT2D eigenvalue weighted by Gasteiger charge is 2.29. The molecule has 6 heteroatoms. The second-order valence-corrected chi connectivity index (χ2v) is 8.40. The van der Waals surface area contributed by atoms with Crippen molar-refractivity contribution in [3.05, 3.63) is 78.1 Å². The van der Waals surface area contributed by atoms with Crippen molar-refractivity contribution in [3.63, 3.8) is 0 Å². The van der Waals surface area contributed by atoms with Crippen molar-refractivity contribution in [3.8, 4) is 5.69 Å². The van der Waals surface area contributed by atoms with Gasteiger partial charge in [0.25, 0.3) is 5.91 Å². The van der Waals surface area contributed by atoms with E-state index in [4.69, 9.17) is 5.10 Å². The Balaban J connectivity index is 1.16. The molecule has 0 bridgehead atoms. The number of hydrogen-bond acceptors (Lipinski definition) is 4. The minimum Gasteiger partial charge on any atom is -0.369 e. The summed E-state index contributed by atoms with van der Waals surface area (Å²) in [6.07, 6.45) is 2.34. The van der Waals surface area contributed by atoms with Gasteiger partial charge in [0, 0.05) is 50.9 Å². The quantitative estimate of drug-likeness (QED) is 0.643. The van der Waals surface area contributed by atoms with E-state index < -0.39 is 0 Å². The average molecular weight is 416 g/mol. The molecule has 31 heavy (non-hydrogen) atoms. The Morgan fingerprint density at radius 1 is 0.903 bits per heavy atom. The molecular formula is C25H29N5O. The molecule has 1 saturated carbocycles. The molecule has 1 saturated heterocycles. The SMILES string of the molecule is O=C(NCCN1CCN(c2ccccc2)CC1)c1cc(C2CC2)nn1-c1ccccc1. The number of aromatic nitrogens is 2. The Hall–Kier alpha value is -3.12. The van der Waals surface area contributed by atoms with E-state index >= 15 is 0 Å². The van der Waals surface area contributed by atoms with Gasteiger partial charge in [-0.1, -0.05) is 36.4 Å². The summed E-state index contributed by atoms with van der Waals surface area (Å²) in [5.74, 6) is 0.462. The van der Waals surface area contributed by atoms with E-state index in [1.165, 1.54) is 18.5 Å². The largest absolute Gasteiger partial charge is 0.369 e. The first-order valence-corrected chi connectivity index (χ1v) is 11.2. The van der Waals surface area contributed by atoms with Gasteiger partial charge in [0.2, 0.25) is 0 Å². The number of carbonyl (C=O) groups excluding carboxylic acids is 1. The lowest BCUT2D eigenvalue weighted by molar-refractivity contribution is 0.0940. The van der Waals surface area contributed by atoms with Crippen molar-refractivity contribution in [2.45, 2.75) is 18.8 Å². The van der Waals surface area contributed by atoms with Crippen LogP contribution in [0.25, 0.3) is 5.69 Å². The smallest absolute Gasteiger partial charge is 0.270 e. The van der Waals surface area contributed by atoms with E-state index in [2.05, 4.69) is 45.4 Å². The maximum absolute atomic E-state index is 13.0. The third-order valence-electron chi connectivity index (χ3n) is 6.16. The first kappa shape index (κ1) is 19.8. The number of amides is 1. The van der Waals surface area contributed by atoms with Crippen molar-refractivity contribution < 1.29 is 4.79 Å². The van der Waals surface area contributed by atoms with Crippen LogP contribution in [0.4, 0.5) is 5.69 Å². The number of nitrogens with one attached hydrogen (secondary N) is 1. The summed E-state index contributed by atoms with van der Waals surface area (Å²) in [6, 6.07) is 22.5. The number of anilines is 1. The second-order valence-electron chi connectivity index (χ2n) is 8.40. The van der Waals surface area contributed by atoms with Crippen LogP contribution < -0.4 is 10.2 Å². The molecule has 2 aliphatic rings. The summed E-state index contributed by atoms with van der Waals surface area (Å²) < 4.78 is 1.79. The molecule has 0 unspecified atom stereocenters. The Labute approximate surface area is 183 Å². The zero-order valence-corrected chi connectivity index (χ0v) is 17.8. The number of hydrogen-bond donors (Lipinski definition) is 1. The number of nitrogens with zero attached hydrogens (tertiary/aromatic N) is 4. The number of benzene rings is 2. The van der Waals surface area contributed by atoms with Crippen molar-refractivity contribution in [1.29, 1.82) is 0 Å². The van der Waals surface area contributed by atoms with Gasteiger partial charge < -0.3 is 10.2 Å². The van der Waals surface area contributed by atoms with Gasteiger partial charge >= 0.3 is 0 Å². The fourth-order valence-corrected chi connectivity index (χ4v) is 4.19. The molecule has 2 heterocycles. The van der Waals surface area contributed by atoms with Gasteiger partial charge in [-0.25, -0.2) is 4.68 Å². The Morgan fingerprint density at radius 2 is 1.55 bits per heavy atom. The third kappa shape index (κ3) is 4.64. The van der Waals surface area contributed by atoms with Crippen molar-refractivity contribution in [1.82, 2.24) is 20.0 Å². The zero-order chi connectivity index (χ0) is 21.0. The Kier molecular flexibility index (Phi) is 5.71. The van der Waals surface area contributed by atoms with Crippen molar-refractivity contribution in [2.75, 3.05) is 44.2 Å². The van der Waals surface area contributed by atoms with E-state index in [9.17, 15) is 4.79 Å². The molecule has 1 N–H and O–H groups in total. The summed E-state index contributed by atoms with van der Waals surface area (Å²) >= 11 is 0. The fraction of sp³-hybridized carbons (Fsp3) is 0.360. The molecule has 6 nitrogen and oxygen atoms in total. The normalized spacial score (nSPS) is 17.0. The third-order valence-corrected chi connectivity index (χ3v) is 6.16. The lowest BCUT2D eigenvalue weighted by Gasteiger charge is -2.36. The molecule has 0 spiro atoms. The van der Waals surface area contributed by atoms with Crippen LogP contribution in [0.3, 0.4) is 0 Å². The van der Waals surface area contributed by atoms with Crippen LogP contribution in [0.5, 0.6) is 0 Å². The molecular weight excluding hydrogens is 386 g/mol. The highest BCUT2D eigenvalue weighted by atomic mass is 16.2. The number of para-hydroxylation sites is 2. The topological polar surface area (TPSA) is 53.4 Å². The molecule has 2 fully saturated rings. The lowest BCUT2D eigenvalue weighted by atomic mass is 10.2. The summed E-state index contributed by atoms with van der Waals surface area (Å²) in [5.41, 5.74) is 3.88. The predicted octanol–water partition coefficient (Wildman–Crippen LogP) is 3.30. The van der Waals surface area contributed by atoms with Crippen LogP contribution in [-0.4, -0.2) is 59.9 Å². The van der Waals surface area contributed by atoms with Crippen LogP contribution in [0.2, 0.25) is 0 Å². The fourth-order valence-electron chi connectivity index (χ4n) is 4.19. The monoisotopic (exact) mass is 415 g/mol. The van der Waals surface area contributed by atoms with Crippen LogP contribution >= 0.6 is 0 Å². The Morgan fingerprint density at radius 3 is 2.19 bits per heavy atom. The van der Waals surface area contributed by atoms with Crippen LogP contribution in [0, 0.1) is 0 Å². The molecule has 1 aliphatic carbocycles. The first-order chi connectivity index (χ1) is 15.3. The van der Waals surface area contributed by atoms with Gasteiger partial charge in [-0.3, -0.25) is 9.69 Å². The van der Waals surface area contributed by atoms with E-state index in [1.54, 1.807) is 4.68 Å². The van der Waals surface area contributed by atoms with Crippen LogP contribution in [-0.2, 0) is 0 Å². The molecule has 1 amide bonds. The predicted molar refractivity (Wildman–Crippen MR) is 123 cm³/mol. The van der Waals surface area contributed by atoms with Gasteiger partial charge in [0.15, 0.2) is 0 Å². The standard InChI is InChI=1S/C25H29N5O/c31-25(24-19-23(20-11-12-20)27-30(24)22-9-5-2-6-10-22)26-13-14-28-15-17-29(18-16-28)21-7-3-1-4-8-21/h1-10,19-20H,11-18H2,(H,26,31). The van der Waals surface area contributed by atoms with Crippen molar-refractivity contribution >= 4 is 11.6 Å². The van der Waals surface area contributed by atoms with E-state index in [0.29, 0.717) is 18.2 Å². The maximum atomic E-state index is 13.0. The van der Waals surface area contributed by atoms with Crippen molar-refractivity contribution in [2.24, 2.45) is 0 Å². The average Bonchev–Trinajstić information content (AvgIpc) is 3.59. The Bertz CT molecular complexity index is 1000. The van der Waals surface area contributed by atoms with Gasteiger partial charge in [0.1, 0.15) is 5.69 Å². The first-order valence-electron chi connectivity index (χ1n) is 11.2. The van der Waals surface area contributed by atoms with E-state index in [1.807, 2.05) is 36.4 Å². The van der Waals surface area contributed by atoms with E-state index in [0.717, 1.165) is 44.1 Å². The minimum absolute atomic E-state index is 0.0498. The molecule has 5 rings (SSSR count). The zero-order valence-electron chi connectivity index (χ0n) is 17.8. The molecule has 2 aromatic carbocycles. The summed E-state index contributed by atoms with van der Waals surface area (Å²) in [6.45, 7) is 5.57. The highest BCUT2D eigenvalue weighted by Crippen LogP contribution is 2.39. The van der Waals surface area contributed by atoms with Crippen LogP contribution in [0.1, 0.15) is 34.9 Å². The van der Waals surface area contributed by atoms with E-state index in [-0.39, 0.29) is 5.91 Å². The molecule has 160 valence electrons. The second kappa shape index (κ2) is 8.94. The number of piperazine rings is 1. The summed E-state index contributed by atoms with van der Waals surface area (Å²) in [4.78, 5) is 17.8. The van der Waals surface area contributed by atoms with Gasteiger partial charge in [0.05, 0.1) is 11.4 Å². The summed E-state index contributed by atoms with van der Waals surface area (Å²) in [5, 5.41) is 7.86. The highest BCUT2D eigenvalue weighted by molar-refractivity contribution is 5.93. The molecule has 1 aliphatic heterocycles. The molecule has 3 aromatic rings. The maximum Gasteiger partial charge on any atom is 0.270 e.